The molecule has 0 spiro atoms. The summed E-state index contributed by atoms with van der Waals surface area (Å²) in [6.07, 6.45) is 6.24. The van der Waals surface area contributed by atoms with Crippen molar-refractivity contribution < 1.29 is 9.47 Å². The third-order valence-corrected chi connectivity index (χ3v) is 6.04. The molecule has 1 aromatic rings. The summed E-state index contributed by atoms with van der Waals surface area (Å²) < 4.78 is 11.3. The van der Waals surface area contributed by atoms with Gasteiger partial charge in [0, 0.05) is 45.9 Å². The molecule has 1 aromatic carbocycles. The van der Waals surface area contributed by atoms with Gasteiger partial charge in [-0.2, -0.15) is 0 Å². The van der Waals surface area contributed by atoms with Crippen LogP contribution in [0, 0.1) is 11.3 Å². The summed E-state index contributed by atoms with van der Waals surface area (Å²) >= 11 is 0. The van der Waals surface area contributed by atoms with Crippen molar-refractivity contribution in [2.45, 2.75) is 45.1 Å². The van der Waals surface area contributed by atoms with Gasteiger partial charge in [0.2, 0.25) is 0 Å². The smallest absolute Gasteiger partial charge is 0.191 e. The molecule has 2 aliphatic rings. The van der Waals surface area contributed by atoms with Crippen LogP contribution in [0.1, 0.15) is 50.7 Å². The third kappa shape index (κ3) is 6.32. The summed E-state index contributed by atoms with van der Waals surface area (Å²) in [5.41, 5.74) is 1.62. The van der Waals surface area contributed by atoms with Crippen LogP contribution in [-0.2, 0) is 9.47 Å². The van der Waals surface area contributed by atoms with E-state index in [4.69, 9.17) is 14.5 Å². The molecule has 0 amide bonds. The Hall–Kier alpha value is -0.860. The number of hydrogen-bond donors (Lipinski definition) is 2. The van der Waals surface area contributed by atoms with Crippen molar-refractivity contribution in [2.24, 2.45) is 16.3 Å². The maximum Gasteiger partial charge on any atom is 0.191 e. The average Bonchev–Trinajstić information content (AvgIpc) is 3.14. The molecule has 5 nitrogen and oxygen atoms in total. The number of benzene rings is 1. The quantitative estimate of drug-likeness (QED) is 0.304. The summed E-state index contributed by atoms with van der Waals surface area (Å²) in [6.45, 7) is 6.43. The molecular formula is C22H36IN3O2. The summed E-state index contributed by atoms with van der Waals surface area (Å²) in [5.74, 6) is 1.40. The molecule has 2 atom stereocenters. The van der Waals surface area contributed by atoms with Crippen LogP contribution in [0.15, 0.2) is 35.3 Å². The first kappa shape index (κ1) is 23.4. The van der Waals surface area contributed by atoms with Crippen molar-refractivity contribution in [3.8, 4) is 0 Å². The van der Waals surface area contributed by atoms with Crippen molar-refractivity contribution in [3.05, 3.63) is 35.9 Å². The Labute approximate surface area is 187 Å². The van der Waals surface area contributed by atoms with Crippen LogP contribution in [0.2, 0.25) is 0 Å². The van der Waals surface area contributed by atoms with Gasteiger partial charge < -0.3 is 20.1 Å². The van der Waals surface area contributed by atoms with Gasteiger partial charge in [-0.15, -0.1) is 24.0 Å². The van der Waals surface area contributed by atoms with Crippen molar-refractivity contribution >= 4 is 29.9 Å². The fourth-order valence-corrected chi connectivity index (χ4v) is 4.15. The largest absolute Gasteiger partial charge is 0.385 e. The second-order valence-corrected chi connectivity index (χ2v) is 7.92. The van der Waals surface area contributed by atoms with E-state index >= 15 is 0 Å². The maximum absolute atomic E-state index is 6.01. The first-order valence-electron chi connectivity index (χ1n) is 10.4. The molecule has 1 saturated carbocycles. The molecule has 0 radical (unpaired) electrons. The number of halogens is 1. The van der Waals surface area contributed by atoms with Gasteiger partial charge in [-0.25, -0.2) is 0 Å². The van der Waals surface area contributed by atoms with Gasteiger partial charge in [0.25, 0.3) is 0 Å². The maximum atomic E-state index is 6.01. The fourth-order valence-electron chi connectivity index (χ4n) is 4.15. The van der Waals surface area contributed by atoms with Crippen LogP contribution < -0.4 is 10.6 Å². The van der Waals surface area contributed by atoms with Crippen LogP contribution in [-0.4, -0.2) is 45.9 Å². The van der Waals surface area contributed by atoms with E-state index in [0.29, 0.717) is 11.3 Å². The first-order chi connectivity index (χ1) is 13.3. The zero-order valence-electron chi connectivity index (χ0n) is 17.3. The highest BCUT2D eigenvalue weighted by molar-refractivity contribution is 14.0. The highest BCUT2D eigenvalue weighted by Gasteiger charge is 2.36. The second kappa shape index (κ2) is 12.0. The van der Waals surface area contributed by atoms with Gasteiger partial charge in [0.1, 0.15) is 0 Å². The minimum absolute atomic E-state index is 0. The first-order valence-corrected chi connectivity index (χ1v) is 10.4. The van der Waals surface area contributed by atoms with E-state index in [9.17, 15) is 0 Å². The van der Waals surface area contributed by atoms with Crippen molar-refractivity contribution in [3.63, 3.8) is 0 Å². The lowest BCUT2D eigenvalue weighted by atomic mass is 9.67. The molecule has 28 heavy (non-hydrogen) atoms. The predicted molar refractivity (Wildman–Crippen MR) is 125 cm³/mol. The van der Waals surface area contributed by atoms with Crippen LogP contribution in [0.3, 0.4) is 0 Å². The molecule has 3 rings (SSSR count). The molecule has 1 heterocycles. The molecule has 1 aliphatic carbocycles. The SMILES string of the molecule is CCNC(=NCC1(CCOC)CCC1)NCC1CCOC1c1ccccc1.I. The van der Waals surface area contributed by atoms with E-state index in [2.05, 4.69) is 47.9 Å². The highest BCUT2D eigenvalue weighted by atomic mass is 127. The van der Waals surface area contributed by atoms with Crippen molar-refractivity contribution in [2.75, 3.05) is 40.0 Å². The molecule has 2 fully saturated rings. The lowest BCUT2D eigenvalue weighted by molar-refractivity contribution is 0.0778. The molecule has 1 saturated heterocycles. The van der Waals surface area contributed by atoms with Crippen molar-refractivity contribution in [1.82, 2.24) is 10.6 Å². The predicted octanol–water partition coefficient (Wildman–Crippen LogP) is 4.14. The Bertz CT molecular complexity index is 593. The van der Waals surface area contributed by atoms with Gasteiger partial charge >= 0.3 is 0 Å². The summed E-state index contributed by atoms with van der Waals surface area (Å²) in [4.78, 5) is 4.92. The molecule has 0 aromatic heterocycles. The fraction of sp³-hybridized carbons (Fsp3) is 0.682. The number of rotatable bonds is 9. The van der Waals surface area contributed by atoms with Crippen LogP contribution >= 0.6 is 24.0 Å². The Morgan fingerprint density at radius 3 is 2.68 bits per heavy atom. The number of ether oxygens (including phenoxy) is 2. The van der Waals surface area contributed by atoms with Crippen molar-refractivity contribution in [1.29, 1.82) is 0 Å². The standard InChI is InChI=1S/C22H35N3O2.HI/c1-3-23-21(25-17-22(11-7-12-22)13-15-26-2)24-16-19-10-14-27-20(19)18-8-5-4-6-9-18;/h4-6,8-9,19-20H,3,7,10-17H2,1-2H3,(H2,23,24,25);1H. The third-order valence-electron chi connectivity index (χ3n) is 6.04. The number of nitrogens with one attached hydrogen (secondary N) is 2. The van der Waals surface area contributed by atoms with Crippen LogP contribution in [0.5, 0.6) is 0 Å². The number of guanidine groups is 1. The lowest BCUT2D eigenvalue weighted by Gasteiger charge is -2.40. The minimum atomic E-state index is 0. The van der Waals surface area contributed by atoms with E-state index in [1.807, 2.05) is 0 Å². The van der Waals surface area contributed by atoms with E-state index in [1.165, 1.54) is 24.8 Å². The molecule has 2 N–H and O–H groups in total. The number of hydrogen-bond acceptors (Lipinski definition) is 3. The molecule has 0 bridgehead atoms. The Balaban J connectivity index is 0.00000280. The number of nitrogens with zero attached hydrogens (tertiary/aromatic N) is 1. The van der Waals surface area contributed by atoms with Gasteiger partial charge in [-0.05, 0) is 43.6 Å². The zero-order chi connectivity index (χ0) is 19.0. The van der Waals surface area contributed by atoms with Crippen LogP contribution in [0.25, 0.3) is 0 Å². The normalized spacial score (nSPS) is 23.6. The average molecular weight is 501 g/mol. The Morgan fingerprint density at radius 2 is 2.04 bits per heavy atom. The molecular weight excluding hydrogens is 465 g/mol. The van der Waals surface area contributed by atoms with Gasteiger partial charge in [-0.1, -0.05) is 36.8 Å². The Morgan fingerprint density at radius 1 is 1.25 bits per heavy atom. The second-order valence-electron chi connectivity index (χ2n) is 7.92. The molecule has 1 aliphatic heterocycles. The lowest BCUT2D eigenvalue weighted by Crippen LogP contribution is -2.42. The van der Waals surface area contributed by atoms with E-state index < -0.39 is 0 Å². The van der Waals surface area contributed by atoms with Gasteiger partial charge in [-0.3, -0.25) is 4.99 Å². The number of methoxy groups -OCH3 is 1. The molecule has 158 valence electrons. The van der Waals surface area contributed by atoms with Gasteiger partial charge in [0.05, 0.1) is 6.10 Å². The summed E-state index contributed by atoms with van der Waals surface area (Å²) in [5, 5.41) is 6.97. The van der Waals surface area contributed by atoms with E-state index in [-0.39, 0.29) is 30.1 Å². The monoisotopic (exact) mass is 501 g/mol. The van der Waals surface area contributed by atoms with E-state index in [1.54, 1.807) is 7.11 Å². The molecule has 6 heteroatoms. The van der Waals surface area contributed by atoms with E-state index in [0.717, 1.165) is 51.6 Å². The topological polar surface area (TPSA) is 54.9 Å². The number of aliphatic imine (C=N–C) groups is 1. The highest BCUT2D eigenvalue weighted by Crippen LogP contribution is 2.44. The Kier molecular flexibility index (Phi) is 10.0. The summed E-state index contributed by atoms with van der Waals surface area (Å²) in [7, 11) is 1.79. The minimum Gasteiger partial charge on any atom is -0.385 e. The van der Waals surface area contributed by atoms with Gasteiger partial charge in [0.15, 0.2) is 5.96 Å². The van der Waals surface area contributed by atoms with Crippen LogP contribution in [0.4, 0.5) is 0 Å². The zero-order valence-corrected chi connectivity index (χ0v) is 19.6. The molecule has 2 unspecified atom stereocenters. The summed E-state index contributed by atoms with van der Waals surface area (Å²) in [6, 6.07) is 10.6.